The Balaban J connectivity index is 1.36. The highest BCUT2D eigenvalue weighted by molar-refractivity contribution is 5.90. The summed E-state index contributed by atoms with van der Waals surface area (Å²) in [7, 11) is 1.76. The maximum Gasteiger partial charge on any atom is 0.333 e. The van der Waals surface area contributed by atoms with Crippen molar-refractivity contribution in [1.29, 1.82) is 0 Å². The van der Waals surface area contributed by atoms with E-state index >= 15 is 0 Å². The third-order valence-corrected chi connectivity index (χ3v) is 10.6. The molecule has 3 heterocycles. The maximum atomic E-state index is 12.4. The fourth-order valence-electron chi connectivity index (χ4n) is 9.07. The molecule has 3 aliphatic heterocycles. The van der Waals surface area contributed by atoms with Crippen molar-refractivity contribution in [3.8, 4) is 11.5 Å². The third kappa shape index (κ3) is 2.03. The summed E-state index contributed by atoms with van der Waals surface area (Å²) < 4.78 is 19.1. The van der Waals surface area contributed by atoms with Crippen LogP contribution in [0.25, 0.3) is 0 Å². The number of hydrogen-bond donors (Lipinski definition) is 1. The number of rotatable bonds is 4. The molecule has 6 heteroatoms. The first-order valence-corrected chi connectivity index (χ1v) is 12.8. The second-order valence-corrected chi connectivity index (χ2v) is 11.8. The summed E-state index contributed by atoms with van der Waals surface area (Å²) in [6, 6.07) is 4.29. The molecule has 1 N–H and O–H groups in total. The fraction of sp³-hybridized carbons (Fsp3) is 0.607. The third-order valence-electron chi connectivity index (χ3n) is 10.6. The normalized spacial score (nSPS) is 45.3. The number of aromatic hydroxyl groups is 1. The van der Waals surface area contributed by atoms with E-state index in [9.17, 15) is 9.90 Å². The molecule has 7 atom stereocenters. The van der Waals surface area contributed by atoms with E-state index in [-0.39, 0.29) is 40.7 Å². The van der Waals surface area contributed by atoms with Gasteiger partial charge in [-0.25, -0.2) is 4.79 Å². The molecule has 178 valence electrons. The van der Waals surface area contributed by atoms with E-state index in [1.54, 1.807) is 13.2 Å². The van der Waals surface area contributed by atoms with Crippen molar-refractivity contribution in [3.63, 3.8) is 0 Å². The number of esters is 1. The Morgan fingerprint density at radius 2 is 2.09 bits per heavy atom. The highest BCUT2D eigenvalue weighted by Gasteiger charge is 2.80. The molecule has 2 unspecified atom stereocenters. The Hall–Kier alpha value is -2.31. The quantitative estimate of drug-likeness (QED) is 0.422. The van der Waals surface area contributed by atoms with E-state index in [0.29, 0.717) is 23.8 Å². The zero-order chi connectivity index (χ0) is 23.0. The van der Waals surface area contributed by atoms with E-state index in [2.05, 4.69) is 29.7 Å². The standard InChI is InChI=1S/C28H31NO5/c1-15-11-20(33-24(15)31)18-13-26-7-8-28(18,32-2)25-27(26)9-10-29(14-16-3-4-16)21(26)12-17-5-6-19(30)23(34-25)22(17)27/h5-8,16,18,20-21,25,30H,1,3-4,9-14H2,2H3/t18-,20?,21-,25-,26?,27+,28+/m1/s1. The number of phenolic OH excluding ortho intramolecular Hbond substituents is 1. The van der Waals surface area contributed by atoms with Crippen molar-refractivity contribution in [3.05, 3.63) is 47.6 Å². The molecule has 0 amide bonds. The second-order valence-electron chi connectivity index (χ2n) is 11.8. The molecule has 2 saturated carbocycles. The van der Waals surface area contributed by atoms with Crippen LogP contribution in [0.1, 0.15) is 43.2 Å². The molecule has 1 aromatic rings. The van der Waals surface area contributed by atoms with Gasteiger partial charge in [-0.15, -0.1) is 0 Å². The SMILES string of the molecule is C=C1CC([C@H]2CC34C=C[C@@]2(OC)[C@@H]2Oc5c(O)ccc6c5[C@@]23CCN(CC2CC2)[C@@H]4C6)OC1=O. The smallest absolute Gasteiger partial charge is 0.333 e. The van der Waals surface area contributed by atoms with Gasteiger partial charge >= 0.3 is 5.97 Å². The van der Waals surface area contributed by atoms with E-state index in [0.717, 1.165) is 38.3 Å². The molecule has 4 bridgehead atoms. The molecular weight excluding hydrogens is 430 g/mol. The van der Waals surface area contributed by atoms with Crippen LogP contribution in [0.5, 0.6) is 11.5 Å². The molecule has 2 spiro atoms. The first kappa shape index (κ1) is 19.9. The van der Waals surface area contributed by atoms with E-state index in [4.69, 9.17) is 14.2 Å². The summed E-state index contributed by atoms with van der Waals surface area (Å²) >= 11 is 0. The van der Waals surface area contributed by atoms with Crippen molar-refractivity contribution in [2.45, 2.75) is 67.8 Å². The van der Waals surface area contributed by atoms with Crippen LogP contribution in [-0.4, -0.2) is 60.0 Å². The number of nitrogens with zero attached hydrogens (tertiary/aromatic N) is 1. The van der Waals surface area contributed by atoms with Crippen LogP contribution in [0.4, 0.5) is 0 Å². The lowest BCUT2D eigenvalue weighted by molar-refractivity contribution is -0.232. The number of carbonyl (C=O) groups excluding carboxylic acids is 1. The number of phenols is 1. The maximum absolute atomic E-state index is 12.4. The number of ether oxygens (including phenoxy) is 3. The zero-order valence-electron chi connectivity index (χ0n) is 19.6. The van der Waals surface area contributed by atoms with E-state index in [1.807, 2.05) is 0 Å². The van der Waals surface area contributed by atoms with E-state index < -0.39 is 5.60 Å². The molecule has 6 nitrogen and oxygen atoms in total. The lowest BCUT2D eigenvalue weighted by Gasteiger charge is -2.71. The van der Waals surface area contributed by atoms with Gasteiger partial charge in [0.2, 0.25) is 0 Å². The van der Waals surface area contributed by atoms with Gasteiger partial charge in [0.05, 0.1) is 5.41 Å². The first-order chi connectivity index (χ1) is 16.4. The lowest BCUT2D eigenvalue weighted by Crippen LogP contribution is -2.80. The molecule has 1 aromatic carbocycles. The minimum atomic E-state index is -0.722. The Labute approximate surface area is 199 Å². The lowest BCUT2D eigenvalue weighted by atomic mass is 9.36. The number of methoxy groups -OCH3 is 1. The summed E-state index contributed by atoms with van der Waals surface area (Å²) in [4.78, 5) is 15.1. The summed E-state index contributed by atoms with van der Waals surface area (Å²) in [5, 5.41) is 10.9. The fourth-order valence-corrected chi connectivity index (χ4v) is 9.07. The van der Waals surface area contributed by atoms with Gasteiger partial charge in [0.1, 0.15) is 17.8 Å². The minimum Gasteiger partial charge on any atom is -0.504 e. The van der Waals surface area contributed by atoms with Gasteiger partial charge in [-0.3, -0.25) is 4.90 Å². The van der Waals surface area contributed by atoms with E-state index in [1.165, 1.54) is 24.0 Å². The minimum absolute atomic E-state index is 0.0230. The number of carbonyl (C=O) groups is 1. The summed E-state index contributed by atoms with van der Waals surface area (Å²) in [5.41, 5.74) is 1.98. The van der Waals surface area contributed by atoms with Crippen LogP contribution in [0.15, 0.2) is 36.4 Å². The van der Waals surface area contributed by atoms with Crippen LogP contribution in [-0.2, 0) is 26.1 Å². The largest absolute Gasteiger partial charge is 0.504 e. The molecule has 5 aliphatic carbocycles. The van der Waals surface area contributed by atoms with Crippen LogP contribution in [0.3, 0.4) is 0 Å². The van der Waals surface area contributed by atoms with Gasteiger partial charge < -0.3 is 19.3 Å². The van der Waals surface area contributed by atoms with Gasteiger partial charge in [0.25, 0.3) is 0 Å². The average molecular weight is 462 g/mol. The topological polar surface area (TPSA) is 68.2 Å². The van der Waals surface area contributed by atoms with Crippen LogP contribution in [0.2, 0.25) is 0 Å². The summed E-state index contributed by atoms with van der Waals surface area (Å²) in [5.74, 6) is 1.38. The molecule has 2 saturated heterocycles. The average Bonchev–Trinajstić information content (AvgIpc) is 3.48. The van der Waals surface area contributed by atoms with Crippen molar-refractivity contribution < 1.29 is 24.1 Å². The molecule has 4 fully saturated rings. The highest BCUT2D eigenvalue weighted by atomic mass is 16.6. The number of benzene rings is 1. The zero-order valence-corrected chi connectivity index (χ0v) is 19.6. The van der Waals surface area contributed by atoms with Crippen LogP contribution in [0, 0.1) is 17.3 Å². The van der Waals surface area contributed by atoms with Gasteiger partial charge in [0, 0.05) is 48.6 Å². The molecule has 9 rings (SSSR count). The van der Waals surface area contributed by atoms with Crippen molar-refractivity contribution >= 4 is 5.97 Å². The number of hydrogen-bond acceptors (Lipinski definition) is 6. The predicted molar refractivity (Wildman–Crippen MR) is 124 cm³/mol. The number of piperidine rings is 1. The molecule has 8 aliphatic rings. The van der Waals surface area contributed by atoms with Gasteiger partial charge in [-0.2, -0.15) is 0 Å². The van der Waals surface area contributed by atoms with Gasteiger partial charge in [-0.1, -0.05) is 24.8 Å². The highest BCUT2D eigenvalue weighted by Crippen LogP contribution is 2.75. The summed E-state index contributed by atoms with van der Waals surface area (Å²) in [6.07, 6.45) is 10.2. The van der Waals surface area contributed by atoms with Gasteiger partial charge in [-0.05, 0) is 56.2 Å². The number of fused-ring (bicyclic) bond motifs is 1. The molecule has 0 radical (unpaired) electrons. The first-order valence-electron chi connectivity index (χ1n) is 12.8. The summed E-state index contributed by atoms with van der Waals surface area (Å²) in [6.45, 7) is 6.16. The monoisotopic (exact) mass is 461 g/mol. The number of likely N-dealkylation sites (tertiary alicyclic amines) is 1. The van der Waals surface area contributed by atoms with Gasteiger partial charge in [0.15, 0.2) is 11.5 Å². The van der Waals surface area contributed by atoms with Crippen molar-refractivity contribution in [2.75, 3.05) is 20.2 Å². The molecule has 0 aromatic heterocycles. The Morgan fingerprint density at radius 3 is 2.82 bits per heavy atom. The Bertz CT molecular complexity index is 1170. The molecule has 34 heavy (non-hydrogen) atoms. The predicted octanol–water partition coefficient (Wildman–Crippen LogP) is 3.26. The second kappa shape index (κ2) is 6.08. The van der Waals surface area contributed by atoms with Crippen molar-refractivity contribution in [2.24, 2.45) is 17.3 Å². The van der Waals surface area contributed by atoms with Crippen LogP contribution >= 0.6 is 0 Å². The Morgan fingerprint density at radius 1 is 1.24 bits per heavy atom. The number of cyclic esters (lactones) is 1. The van der Waals surface area contributed by atoms with Crippen molar-refractivity contribution in [1.82, 2.24) is 4.90 Å². The molecular formula is C28H31NO5. The van der Waals surface area contributed by atoms with Crippen LogP contribution < -0.4 is 4.74 Å². The Kier molecular flexibility index (Phi) is 3.57.